The number of carbonyl (C=O) groups is 1. The van der Waals surface area contributed by atoms with Crippen LogP contribution in [0.3, 0.4) is 0 Å². The molecule has 0 spiro atoms. The molecule has 2 atom stereocenters. The summed E-state index contributed by atoms with van der Waals surface area (Å²) >= 11 is 0. The Kier molecular flexibility index (Phi) is 20.8. The molecule has 0 saturated heterocycles. The highest BCUT2D eigenvalue weighted by atomic mass is 16.1. The molecule has 0 heterocycles. The molecule has 0 aliphatic heterocycles. The Morgan fingerprint density at radius 1 is 1.21 bits per heavy atom. The predicted octanol–water partition coefficient (Wildman–Crippen LogP) is 3.26. The number of nitrogens with one attached hydrogen (secondary N) is 1. The molecule has 0 saturated carbocycles. The lowest BCUT2D eigenvalue weighted by molar-refractivity contribution is -0.119. The number of rotatable bonds is 4. The van der Waals surface area contributed by atoms with Gasteiger partial charge in [0.25, 0.3) is 0 Å². The third-order valence-corrected chi connectivity index (χ3v) is 1.96. The number of ketones is 1. The molecule has 0 radical (unpaired) electrons. The lowest BCUT2D eigenvalue weighted by Gasteiger charge is -2.18. The second-order valence-corrected chi connectivity index (χ2v) is 2.76. The average molecular weight is 203 g/mol. The Morgan fingerprint density at radius 2 is 1.57 bits per heavy atom. The molecule has 0 aromatic heterocycles. The quantitative estimate of drug-likeness (QED) is 0.760. The molecule has 0 amide bonds. The van der Waals surface area contributed by atoms with Crippen molar-refractivity contribution in [3.05, 3.63) is 0 Å². The molecule has 0 aromatic rings. The van der Waals surface area contributed by atoms with Crippen molar-refractivity contribution in [2.24, 2.45) is 5.92 Å². The SMILES string of the molecule is CC.CC.CCC(C)C(NC)C(C)=O. The fourth-order valence-corrected chi connectivity index (χ4v) is 1.12. The van der Waals surface area contributed by atoms with Crippen molar-refractivity contribution in [1.29, 1.82) is 0 Å². The van der Waals surface area contributed by atoms with Crippen molar-refractivity contribution in [1.82, 2.24) is 5.32 Å². The van der Waals surface area contributed by atoms with Crippen LogP contribution in [0, 0.1) is 5.92 Å². The van der Waals surface area contributed by atoms with E-state index in [-0.39, 0.29) is 11.8 Å². The average Bonchev–Trinajstić information content (AvgIpc) is 2.24. The highest BCUT2D eigenvalue weighted by molar-refractivity contribution is 5.81. The van der Waals surface area contributed by atoms with Crippen LogP contribution < -0.4 is 5.32 Å². The minimum absolute atomic E-state index is 0.0463. The van der Waals surface area contributed by atoms with Crippen molar-refractivity contribution in [2.45, 2.75) is 60.9 Å². The number of Topliss-reactive ketones (excluding diaryl/α,β-unsaturated/α-hetero) is 1. The topological polar surface area (TPSA) is 29.1 Å². The summed E-state index contributed by atoms with van der Waals surface area (Å²) < 4.78 is 0. The first kappa shape index (κ1) is 19.2. The van der Waals surface area contributed by atoms with E-state index in [0.29, 0.717) is 5.92 Å². The van der Waals surface area contributed by atoms with Gasteiger partial charge in [0.2, 0.25) is 0 Å². The molecule has 0 aromatic carbocycles. The molecule has 1 N–H and O–H groups in total. The number of hydrogen-bond donors (Lipinski definition) is 1. The van der Waals surface area contributed by atoms with E-state index >= 15 is 0 Å². The standard InChI is InChI=1S/C8H17NO.2C2H6/c1-5-6(2)8(9-4)7(3)10;2*1-2/h6,8-9H,5H2,1-4H3;2*1-2H3. The summed E-state index contributed by atoms with van der Waals surface area (Å²) in [7, 11) is 1.83. The van der Waals surface area contributed by atoms with Gasteiger partial charge in [0.1, 0.15) is 5.78 Å². The smallest absolute Gasteiger partial charge is 0.146 e. The van der Waals surface area contributed by atoms with E-state index in [0.717, 1.165) is 6.42 Å². The normalized spacial score (nSPS) is 12.6. The second-order valence-electron chi connectivity index (χ2n) is 2.76. The molecule has 88 valence electrons. The Balaban J connectivity index is -0.000000266. The van der Waals surface area contributed by atoms with Crippen LogP contribution in [0.15, 0.2) is 0 Å². The van der Waals surface area contributed by atoms with Gasteiger partial charge in [-0.3, -0.25) is 4.79 Å². The van der Waals surface area contributed by atoms with Gasteiger partial charge in [-0.2, -0.15) is 0 Å². The summed E-state index contributed by atoms with van der Waals surface area (Å²) in [5, 5.41) is 3.00. The van der Waals surface area contributed by atoms with Crippen LogP contribution in [-0.4, -0.2) is 18.9 Å². The molecule has 2 unspecified atom stereocenters. The maximum absolute atomic E-state index is 10.9. The van der Waals surface area contributed by atoms with Crippen molar-refractivity contribution < 1.29 is 4.79 Å². The Hall–Kier alpha value is -0.370. The molecule has 0 bridgehead atoms. The van der Waals surface area contributed by atoms with Crippen molar-refractivity contribution in [3.8, 4) is 0 Å². The number of likely N-dealkylation sites (N-methyl/N-ethyl adjacent to an activating group) is 1. The van der Waals surface area contributed by atoms with E-state index in [1.807, 2.05) is 34.7 Å². The summed E-state index contributed by atoms with van der Waals surface area (Å²) in [4.78, 5) is 10.9. The van der Waals surface area contributed by atoms with E-state index in [2.05, 4.69) is 19.2 Å². The van der Waals surface area contributed by atoms with Gasteiger partial charge in [-0.25, -0.2) is 0 Å². The fraction of sp³-hybridized carbons (Fsp3) is 0.917. The van der Waals surface area contributed by atoms with E-state index in [1.54, 1.807) is 6.92 Å². The zero-order chi connectivity index (χ0) is 12.1. The van der Waals surface area contributed by atoms with Gasteiger partial charge in [-0.05, 0) is 19.9 Å². The predicted molar refractivity (Wildman–Crippen MR) is 65.7 cm³/mol. The van der Waals surface area contributed by atoms with Crippen LogP contribution in [0.25, 0.3) is 0 Å². The van der Waals surface area contributed by atoms with Crippen LogP contribution >= 0.6 is 0 Å². The third kappa shape index (κ3) is 9.72. The summed E-state index contributed by atoms with van der Waals surface area (Å²) in [5.41, 5.74) is 0. The molecule has 2 nitrogen and oxygen atoms in total. The third-order valence-electron chi connectivity index (χ3n) is 1.96. The maximum atomic E-state index is 10.9. The van der Waals surface area contributed by atoms with E-state index in [1.165, 1.54) is 0 Å². The number of hydrogen-bond acceptors (Lipinski definition) is 2. The Bertz CT molecular complexity index is 113. The lowest BCUT2D eigenvalue weighted by Crippen LogP contribution is -2.37. The van der Waals surface area contributed by atoms with E-state index in [4.69, 9.17) is 0 Å². The molecular formula is C12H29NO. The van der Waals surface area contributed by atoms with Gasteiger partial charge in [0.15, 0.2) is 0 Å². The minimum atomic E-state index is 0.0463. The van der Waals surface area contributed by atoms with Crippen molar-refractivity contribution >= 4 is 5.78 Å². The van der Waals surface area contributed by atoms with Gasteiger partial charge in [-0.15, -0.1) is 0 Å². The molecule has 0 aliphatic rings. The van der Waals surface area contributed by atoms with Crippen LogP contribution in [-0.2, 0) is 4.79 Å². The molecule has 0 aliphatic carbocycles. The molecule has 0 fully saturated rings. The zero-order valence-corrected chi connectivity index (χ0v) is 11.3. The monoisotopic (exact) mass is 203 g/mol. The Labute approximate surface area is 90.5 Å². The molecule has 14 heavy (non-hydrogen) atoms. The largest absolute Gasteiger partial charge is 0.310 e. The summed E-state index contributed by atoms with van der Waals surface area (Å²) in [5.74, 6) is 0.680. The summed E-state index contributed by atoms with van der Waals surface area (Å²) in [6.45, 7) is 13.8. The number of carbonyl (C=O) groups excluding carboxylic acids is 1. The van der Waals surface area contributed by atoms with Crippen LogP contribution in [0.1, 0.15) is 54.9 Å². The van der Waals surface area contributed by atoms with E-state index in [9.17, 15) is 4.79 Å². The van der Waals surface area contributed by atoms with Crippen LogP contribution in [0.5, 0.6) is 0 Å². The van der Waals surface area contributed by atoms with Gasteiger partial charge >= 0.3 is 0 Å². The molecular weight excluding hydrogens is 174 g/mol. The van der Waals surface area contributed by atoms with Crippen LogP contribution in [0.2, 0.25) is 0 Å². The van der Waals surface area contributed by atoms with Gasteiger partial charge in [0.05, 0.1) is 6.04 Å². The highest BCUT2D eigenvalue weighted by Gasteiger charge is 2.17. The minimum Gasteiger partial charge on any atom is -0.310 e. The van der Waals surface area contributed by atoms with Gasteiger partial charge in [-0.1, -0.05) is 48.0 Å². The summed E-state index contributed by atoms with van der Waals surface area (Å²) in [6, 6.07) is 0.0463. The Morgan fingerprint density at radius 3 is 1.64 bits per heavy atom. The van der Waals surface area contributed by atoms with Crippen LogP contribution in [0.4, 0.5) is 0 Å². The lowest BCUT2D eigenvalue weighted by atomic mass is 9.96. The van der Waals surface area contributed by atoms with E-state index < -0.39 is 0 Å². The second kappa shape index (κ2) is 15.1. The first-order valence-electron chi connectivity index (χ1n) is 5.81. The molecule has 0 rings (SSSR count). The highest BCUT2D eigenvalue weighted by Crippen LogP contribution is 2.07. The maximum Gasteiger partial charge on any atom is 0.146 e. The van der Waals surface area contributed by atoms with Gasteiger partial charge < -0.3 is 5.32 Å². The van der Waals surface area contributed by atoms with Gasteiger partial charge in [0, 0.05) is 0 Å². The zero-order valence-electron chi connectivity index (χ0n) is 11.3. The van der Waals surface area contributed by atoms with Crippen molar-refractivity contribution in [3.63, 3.8) is 0 Å². The first-order valence-corrected chi connectivity index (χ1v) is 5.81. The first-order chi connectivity index (χ1) is 6.63. The summed E-state index contributed by atoms with van der Waals surface area (Å²) in [6.07, 6.45) is 1.05. The van der Waals surface area contributed by atoms with Crippen molar-refractivity contribution in [2.75, 3.05) is 7.05 Å². The molecule has 2 heteroatoms. The fourth-order valence-electron chi connectivity index (χ4n) is 1.12.